The molecule has 0 radical (unpaired) electrons. The smallest absolute Gasteiger partial charge is 0.257 e. The third kappa shape index (κ3) is 3.47. The molecule has 5 heteroatoms. The van der Waals surface area contributed by atoms with Crippen molar-refractivity contribution in [1.29, 1.82) is 0 Å². The summed E-state index contributed by atoms with van der Waals surface area (Å²) in [6.45, 7) is 6.27. The van der Waals surface area contributed by atoms with Gasteiger partial charge in [0.2, 0.25) is 0 Å². The van der Waals surface area contributed by atoms with Crippen LogP contribution in [0, 0.1) is 26.6 Å². The van der Waals surface area contributed by atoms with E-state index >= 15 is 0 Å². The molecule has 1 aromatic carbocycles. The normalized spacial score (nSPS) is 10.6. The number of hydrogen-bond acceptors (Lipinski definition) is 3. The van der Waals surface area contributed by atoms with Crippen LogP contribution in [0.2, 0.25) is 0 Å². The Morgan fingerprint density at radius 2 is 1.82 bits per heavy atom. The zero-order valence-electron chi connectivity index (χ0n) is 13.3. The van der Waals surface area contributed by atoms with Crippen molar-refractivity contribution in [2.45, 2.75) is 20.8 Å². The molecule has 0 fully saturated rings. The standard InChI is InChI=1S/C17H20FNO3/c1-11-12(2)22-13(3)16(11)17(20)19(4)9-10-21-15-7-5-14(18)6-8-15/h5-8H,9-10H2,1-4H3. The summed E-state index contributed by atoms with van der Waals surface area (Å²) in [4.78, 5) is 14.0. The van der Waals surface area contributed by atoms with Gasteiger partial charge in [-0.3, -0.25) is 4.79 Å². The van der Waals surface area contributed by atoms with Crippen LogP contribution in [0.25, 0.3) is 0 Å². The number of ether oxygens (including phenoxy) is 1. The molecule has 0 saturated heterocycles. The van der Waals surface area contributed by atoms with Crippen LogP contribution < -0.4 is 4.74 Å². The average Bonchev–Trinajstić information content (AvgIpc) is 2.73. The largest absolute Gasteiger partial charge is 0.492 e. The van der Waals surface area contributed by atoms with Crippen molar-refractivity contribution >= 4 is 5.91 Å². The van der Waals surface area contributed by atoms with Gasteiger partial charge in [-0.1, -0.05) is 0 Å². The maximum atomic E-state index is 12.8. The number of halogens is 1. The number of furan rings is 1. The molecule has 0 spiro atoms. The topological polar surface area (TPSA) is 42.7 Å². The number of carbonyl (C=O) groups is 1. The van der Waals surface area contributed by atoms with Crippen LogP contribution >= 0.6 is 0 Å². The Balaban J connectivity index is 1.93. The molecule has 4 nitrogen and oxygen atoms in total. The van der Waals surface area contributed by atoms with Gasteiger partial charge < -0.3 is 14.1 Å². The van der Waals surface area contributed by atoms with Crippen LogP contribution in [0.5, 0.6) is 5.75 Å². The Morgan fingerprint density at radius 3 is 2.36 bits per heavy atom. The van der Waals surface area contributed by atoms with Crippen LogP contribution in [0.4, 0.5) is 4.39 Å². The van der Waals surface area contributed by atoms with Gasteiger partial charge in [0.25, 0.3) is 5.91 Å². The first-order valence-corrected chi connectivity index (χ1v) is 7.10. The van der Waals surface area contributed by atoms with Crippen molar-refractivity contribution in [3.8, 4) is 5.75 Å². The Bertz CT molecular complexity index is 661. The van der Waals surface area contributed by atoms with Crippen LogP contribution in [-0.4, -0.2) is 31.0 Å². The van der Waals surface area contributed by atoms with Crippen LogP contribution in [-0.2, 0) is 0 Å². The molecule has 0 bridgehead atoms. The molecule has 118 valence electrons. The minimum absolute atomic E-state index is 0.0884. The van der Waals surface area contributed by atoms with E-state index in [1.807, 2.05) is 13.8 Å². The predicted octanol–water partition coefficient (Wildman–Crippen LogP) is 3.49. The van der Waals surface area contributed by atoms with Gasteiger partial charge >= 0.3 is 0 Å². The monoisotopic (exact) mass is 305 g/mol. The summed E-state index contributed by atoms with van der Waals surface area (Å²) in [6, 6.07) is 5.80. The van der Waals surface area contributed by atoms with Gasteiger partial charge in [-0.2, -0.15) is 0 Å². The Labute approximate surface area is 129 Å². The van der Waals surface area contributed by atoms with E-state index in [1.165, 1.54) is 12.1 Å². The third-order valence-corrected chi connectivity index (χ3v) is 3.63. The van der Waals surface area contributed by atoms with Crippen molar-refractivity contribution in [3.63, 3.8) is 0 Å². The minimum Gasteiger partial charge on any atom is -0.492 e. The molecule has 0 N–H and O–H groups in total. The molecule has 0 unspecified atom stereocenters. The first kappa shape index (κ1) is 16.1. The molecule has 2 rings (SSSR count). The maximum Gasteiger partial charge on any atom is 0.257 e. The molecule has 0 aliphatic carbocycles. The lowest BCUT2D eigenvalue weighted by atomic mass is 10.1. The van der Waals surface area contributed by atoms with Gasteiger partial charge in [-0.05, 0) is 45.0 Å². The number of hydrogen-bond donors (Lipinski definition) is 0. The molecule has 22 heavy (non-hydrogen) atoms. The summed E-state index contributed by atoms with van der Waals surface area (Å²) >= 11 is 0. The fourth-order valence-electron chi connectivity index (χ4n) is 2.23. The second-order valence-corrected chi connectivity index (χ2v) is 5.24. The van der Waals surface area contributed by atoms with Crippen molar-refractivity contribution in [2.75, 3.05) is 20.2 Å². The molecule has 0 aliphatic heterocycles. The number of carbonyl (C=O) groups excluding carboxylic acids is 1. The SMILES string of the molecule is Cc1oc(C)c(C(=O)N(C)CCOc2ccc(F)cc2)c1C. The lowest BCUT2D eigenvalue weighted by molar-refractivity contribution is 0.0771. The fourth-order valence-corrected chi connectivity index (χ4v) is 2.23. The third-order valence-electron chi connectivity index (χ3n) is 3.63. The predicted molar refractivity (Wildman–Crippen MR) is 81.8 cm³/mol. The van der Waals surface area contributed by atoms with Gasteiger partial charge in [0.1, 0.15) is 29.7 Å². The van der Waals surface area contributed by atoms with E-state index in [9.17, 15) is 9.18 Å². The summed E-state index contributed by atoms with van der Waals surface area (Å²) in [5.41, 5.74) is 1.48. The lowest BCUT2D eigenvalue weighted by Crippen LogP contribution is -2.31. The quantitative estimate of drug-likeness (QED) is 0.849. The lowest BCUT2D eigenvalue weighted by Gasteiger charge is -2.17. The molecule has 0 aliphatic rings. The summed E-state index contributed by atoms with van der Waals surface area (Å²) < 4.78 is 23.8. The number of rotatable bonds is 5. The van der Waals surface area contributed by atoms with Crippen molar-refractivity contribution in [3.05, 3.63) is 52.7 Å². The number of benzene rings is 1. The second-order valence-electron chi connectivity index (χ2n) is 5.24. The molecule has 2 aromatic rings. The molecular weight excluding hydrogens is 285 g/mol. The van der Waals surface area contributed by atoms with Gasteiger partial charge in [-0.15, -0.1) is 0 Å². The molecule has 1 aromatic heterocycles. The number of likely N-dealkylation sites (N-methyl/N-ethyl adjacent to an activating group) is 1. The van der Waals surface area contributed by atoms with Crippen molar-refractivity contribution in [2.24, 2.45) is 0 Å². The van der Waals surface area contributed by atoms with E-state index in [4.69, 9.17) is 9.15 Å². The highest BCUT2D eigenvalue weighted by Gasteiger charge is 2.21. The highest BCUT2D eigenvalue weighted by molar-refractivity contribution is 5.96. The van der Waals surface area contributed by atoms with Crippen LogP contribution in [0.15, 0.2) is 28.7 Å². The summed E-state index contributed by atoms with van der Waals surface area (Å²) in [7, 11) is 1.72. The summed E-state index contributed by atoms with van der Waals surface area (Å²) in [5, 5.41) is 0. The van der Waals surface area contributed by atoms with Crippen molar-refractivity contribution < 1.29 is 18.3 Å². The van der Waals surface area contributed by atoms with E-state index in [2.05, 4.69) is 0 Å². The van der Waals surface area contributed by atoms with Gasteiger partial charge in [0.15, 0.2) is 0 Å². The summed E-state index contributed by atoms with van der Waals surface area (Å²) in [6.07, 6.45) is 0. The molecule has 1 heterocycles. The first-order chi connectivity index (χ1) is 10.4. The van der Waals surface area contributed by atoms with Gasteiger partial charge in [0.05, 0.1) is 12.1 Å². The minimum atomic E-state index is -0.305. The Morgan fingerprint density at radius 1 is 1.18 bits per heavy atom. The van der Waals surface area contributed by atoms with Gasteiger partial charge in [-0.25, -0.2) is 4.39 Å². The van der Waals surface area contributed by atoms with E-state index in [1.54, 1.807) is 31.0 Å². The van der Waals surface area contributed by atoms with E-state index in [0.717, 1.165) is 11.3 Å². The van der Waals surface area contributed by atoms with E-state index < -0.39 is 0 Å². The highest BCUT2D eigenvalue weighted by atomic mass is 19.1. The summed E-state index contributed by atoms with van der Waals surface area (Å²) in [5.74, 6) is 1.58. The molecule has 1 amide bonds. The van der Waals surface area contributed by atoms with Crippen LogP contribution in [0.3, 0.4) is 0 Å². The Hall–Kier alpha value is -2.30. The molecular formula is C17H20FNO3. The second kappa shape index (κ2) is 6.64. The van der Waals surface area contributed by atoms with Crippen molar-refractivity contribution in [1.82, 2.24) is 4.90 Å². The van der Waals surface area contributed by atoms with Crippen LogP contribution in [0.1, 0.15) is 27.4 Å². The maximum absolute atomic E-state index is 12.8. The van der Waals surface area contributed by atoms with Gasteiger partial charge in [0, 0.05) is 12.6 Å². The zero-order chi connectivity index (χ0) is 16.3. The molecule has 0 saturated carbocycles. The average molecular weight is 305 g/mol. The van der Waals surface area contributed by atoms with E-state index in [-0.39, 0.29) is 11.7 Å². The highest BCUT2D eigenvalue weighted by Crippen LogP contribution is 2.22. The first-order valence-electron chi connectivity index (χ1n) is 7.10. The number of amides is 1. The number of aryl methyl sites for hydroxylation is 2. The Kier molecular flexibility index (Phi) is 4.85. The van der Waals surface area contributed by atoms with E-state index in [0.29, 0.717) is 30.2 Å². The number of nitrogens with zero attached hydrogens (tertiary/aromatic N) is 1. The molecule has 0 atom stereocenters. The fraction of sp³-hybridized carbons (Fsp3) is 0.353. The zero-order valence-corrected chi connectivity index (χ0v) is 13.3.